The molecule has 8 heteroatoms. The van der Waals surface area contributed by atoms with Crippen molar-refractivity contribution in [1.82, 2.24) is 10.2 Å². The summed E-state index contributed by atoms with van der Waals surface area (Å²) in [5.74, 6) is 0.141. The van der Waals surface area contributed by atoms with Crippen LogP contribution in [-0.2, 0) is 16.1 Å². The molecule has 4 amide bonds. The minimum atomic E-state index is -0.782. The van der Waals surface area contributed by atoms with E-state index in [2.05, 4.69) is 5.32 Å². The number of rotatable bonds is 3. The number of barbiturate groups is 1. The van der Waals surface area contributed by atoms with Crippen molar-refractivity contribution in [3.63, 3.8) is 0 Å². The molecule has 1 saturated heterocycles. The van der Waals surface area contributed by atoms with Crippen LogP contribution in [0.2, 0.25) is 0 Å². The number of benzene rings is 1. The average molecular weight is 354 g/mol. The van der Waals surface area contributed by atoms with Crippen LogP contribution in [0, 0.1) is 0 Å². The number of amides is 4. The van der Waals surface area contributed by atoms with Crippen LogP contribution in [0.1, 0.15) is 11.3 Å². The van der Waals surface area contributed by atoms with Gasteiger partial charge in [0.1, 0.15) is 24.5 Å². The third-order valence-electron chi connectivity index (χ3n) is 3.96. The molecule has 0 atom stereocenters. The van der Waals surface area contributed by atoms with Crippen LogP contribution in [0.15, 0.2) is 46.6 Å². The van der Waals surface area contributed by atoms with Crippen molar-refractivity contribution >= 4 is 23.9 Å². The molecule has 4 rings (SSSR count). The second-order valence-corrected chi connectivity index (χ2v) is 5.69. The Balaban J connectivity index is 1.63. The van der Waals surface area contributed by atoms with E-state index in [1.807, 2.05) is 0 Å². The number of ether oxygens (including phenoxy) is 2. The van der Waals surface area contributed by atoms with E-state index < -0.39 is 17.8 Å². The van der Waals surface area contributed by atoms with Gasteiger partial charge >= 0.3 is 6.03 Å². The van der Waals surface area contributed by atoms with Crippen molar-refractivity contribution in [1.29, 1.82) is 0 Å². The van der Waals surface area contributed by atoms with Crippen LogP contribution in [-0.4, -0.2) is 36.0 Å². The van der Waals surface area contributed by atoms with Crippen molar-refractivity contribution in [3.05, 3.63) is 53.5 Å². The maximum absolute atomic E-state index is 12.6. The number of nitrogens with one attached hydrogen (secondary N) is 1. The van der Waals surface area contributed by atoms with Crippen molar-refractivity contribution < 1.29 is 28.3 Å². The van der Waals surface area contributed by atoms with Crippen molar-refractivity contribution in [2.45, 2.75) is 6.54 Å². The quantitative estimate of drug-likeness (QED) is 0.666. The van der Waals surface area contributed by atoms with Crippen LogP contribution in [0.25, 0.3) is 6.08 Å². The number of nitrogens with zero attached hydrogens (tertiary/aromatic N) is 1. The lowest BCUT2D eigenvalue weighted by molar-refractivity contribution is -0.130. The van der Waals surface area contributed by atoms with Crippen molar-refractivity contribution in [2.75, 3.05) is 13.2 Å². The molecule has 0 aliphatic carbocycles. The van der Waals surface area contributed by atoms with E-state index >= 15 is 0 Å². The van der Waals surface area contributed by atoms with E-state index in [9.17, 15) is 14.4 Å². The van der Waals surface area contributed by atoms with E-state index in [0.717, 1.165) is 4.90 Å². The molecule has 2 aromatic rings. The monoisotopic (exact) mass is 354 g/mol. The number of furan rings is 1. The SMILES string of the molecule is O=C1NC(=O)N(Cc2ccco2)C(=O)C1=Cc1ccc2c(c1)OCCO2. The smallest absolute Gasteiger partial charge is 0.331 e. The van der Waals surface area contributed by atoms with E-state index in [-0.39, 0.29) is 12.1 Å². The minimum absolute atomic E-state index is 0.0660. The summed E-state index contributed by atoms with van der Waals surface area (Å²) in [6.07, 6.45) is 2.86. The zero-order valence-electron chi connectivity index (χ0n) is 13.6. The molecule has 0 saturated carbocycles. The van der Waals surface area contributed by atoms with Gasteiger partial charge in [0, 0.05) is 0 Å². The Kier molecular flexibility index (Phi) is 3.92. The van der Waals surface area contributed by atoms with Gasteiger partial charge in [-0.05, 0) is 35.9 Å². The standard InChI is InChI=1S/C18H14N2O6/c21-16-13(8-11-3-4-14-15(9-11)26-7-6-25-14)17(22)20(18(23)19-16)10-12-2-1-5-24-12/h1-5,8-9H,6-7,10H2,(H,19,21,23). The van der Waals surface area contributed by atoms with Gasteiger partial charge in [-0.25, -0.2) is 4.79 Å². The molecule has 0 bridgehead atoms. The van der Waals surface area contributed by atoms with E-state index in [0.29, 0.717) is 36.0 Å². The molecule has 2 aliphatic heterocycles. The number of fused-ring (bicyclic) bond motifs is 1. The van der Waals surface area contributed by atoms with Gasteiger partial charge in [-0.15, -0.1) is 0 Å². The first kappa shape index (κ1) is 15.9. The number of hydrogen-bond donors (Lipinski definition) is 1. The Morgan fingerprint density at radius 2 is 1.88 bits per heavy atom. The molecule has 8 nitrogen and oxygen atoms in total. The lowest BCUT2D eigenvalue weighted by Gasteiger charge is -2.25. The predicted molar refractivity (Wildman–Crippen MR) is 88.2 cm³/mol. The molecule has 0 unspecified atom stereocenters. The second-order valence-electron chi connectivity index (χ2n) is 5.69. The molecular weight excluding hydrogens is 340 g/mol. The Labute approximate surface area is 148 Å². The fourth-order valence-electron chi connectivity index (χ4n) is 2.71. The summed E-state index contributed by atoms with van der Waals surface area (Å²) in [4.78, 5) is 37.7. The summed E-state index contributed by atoms with van der Waals surface area (Å²) in [7, 11) is 0. The third-order valence-corrected chi connectivity index (χ3v) is 3.96. The summed E-state index contributed by atoms with van der Waals surface area (Å²) in [6.45, 7) is 0.833. The fourth-order valence-corrected chi connectivity index (χ4v) is 2.71. The lowest BCUT2D eigenvalue weighted by atomic mass is 10.1. The van der Waals surface area contributed by atoms with Gasteiger partial charge in [0.05, 0.1) is 12.8 Å². The van der Waals surface area contributed by atoms with Gasteiger partial charge < -0.3 is 13.9 Å². The lowest BCUT2D eigenvalue weighted by Crippen LogP contribution is -2.53. The molecular formula is C18H14N2O6. The van der Waals surface area contributed by atoms with Crippen LogP contribution in [0.5, 0.6) is 11.5 Å². The molecule has 0 radical (unpaired) electrons. The molecule has 3 heterocycles. The summed E-state index contributed by atoms with van der Waals surface area (Å²) < 4.78 is 16.1. The van der Waals surface area contributed by atoms with Gasteiger partial charge in [0.15, 0.2) is 11.5 Å². The molecule has 1 aromatic heterocycles. The zero-order chi connectivity index (χ0) is 18.1. The van der Waals surface area contributed by atoms with Crippen molar-refractivity contribution in [2.24, 2.45) is 0 Å². The number of carbonyl (C=O) groups is 3. The average Bonchev–Trinajstić information content (AvgIpc) is 3.15. The first-order valence-electron chi connectivity index (χ1n) is 7.93. The normalized spacial score (nSPS) is 18.2. The summed E-state index contributed by atoms with van der Waals surface area (Å²) >= 11 is 0. The molecule has 1 N–H and O–H groups in total. The summed E-state index contributed by atoms with van der Waals surface area (Å²) in [6, 6.07) is 7.59. The van der Waals surface area contributed by atoms with E-state index in [1.165, 1.54) is 12.3 Å². The highest BCUT2D eigenvalue weighted by atomic mass is 16.6. The second kappa shape index (κ2) is 6.40. The first-order chi connectivity index (χ1) is 12.6. The minimum Gasteiger partial charge on any atom is -0.486 e. The Hall–Kier alpha value is -3.55. The van der Waals surface area contributed by atoms with Gasteiger partial charge in [-0.2, -0.15) is 0 Å². The molecule has 132 valence electrons. The number of imide groups is 2. The molecule has 2 aliphatic rings. The first-order valence-corrected chi connectivity index (χ1v) is 7.93. The highest BCUT2D eigenvalue weighted by Gasteiger charge is 2.36. The highest BCUT2D eigenvalue weighted by Crippen LogP contribution is 2.31. The maximum atomic E-state index is 12.6. The Morgan fingerprint density at radius 1 is 1.08 bits per heavy atom. The third kappa shape index (κ3) is 2.92. The topological polar surface area (TPSA) is 98.1 Å². The molecule has 26 heavy (non-hydrogen) atoms. The summed E-state index contributed by atoms with van der Waals surface area (Å²) in [5, 5.41) is 2.17. The Bertz CT molecular complexity index is 916. The number of urea groups is 1. The van der Waals surface area contributed by atoms with E-state index in [1.54, 1.807) is 30.3 Å². The highest BCUT2D eigenvalue weighted by molar-refractivity contribution is 6.30. The maximum Gasteiger partial charge on any atom is 0.331 e. The Morgan fingerprint density at radius 3 is 2.65 bits per heavy atom. The van der Waals surface area contributed by atoms with Crippen LogP contribution in [0.4, 0.5) is 4.79 Å². The molecule has 1 aromatic carbocycles. The molecule has 0 spiro atoms. The van der Waals surface area contributed by atoms with Gasteiger partial charge in [0.2, 0.25) is 0 Å². The molecule has 1 fully saturated rings. The van der Waals surface area contributed by atoms with Gasteiger partial charge in [-0.3, -0.25) is 19.8 Å². The number of carbonyl (C=O) groups excluding carboxylic acids is 3. The fraction of sp³-hybridized carbons (Fsp3) is 0.167. The van der Waals surface area contributed by atoms with Crippen LogP contribution >= 0.6 is 0 Å². The van der Waals surface area contributed by atoms with E-state index in [4.69, 9.17) is 13.9 Å². The predicted octanol–water partition coefficient (Wildman–Crippen LogP) is 1.71. The zero-order valence-corrected chi connectivity index (χ0v) is 13.6. The summed E-state index contributed by atoms with van der Waals surface area (Å²) in [5.41, 5.74) is 0.438. The van der Waals surface area contributed by atoms with Gasteiger partial charge in [-0.1, -0.05) is 6.07 Å². The number of hydrogen-bond acceptors (Lipinski definition) is 6. The van der Waals surface area contributed by atoms with Crippen molar-refractivity contribution in [3.8, 4) is 11.5 Å². The van der Waals surface area contributed by atoms with Gasteiger partial charge in [0.25, 0.3) is 11.8 Å². The van der Waals surface area contributed by atoms with Crippen LogP contribution in [0.3, 0.4) is 0 Å². The largest absolute Gasteiger partial charge is 0.486 e. The van der Waals surface area contributed by atoms with Crippen LogP contribution < -0.4 is 14.8 Å².